The molecule has 0 saturated carbocycles. The van der Waals surface area contributed by atoms with Gasteiger partial charge in [-0.15, -0.1) is 0 Å². The molecule has 18 heavy (non-hydrogen) atoms. The third-order valence-electron chi connectivity index (χ3n) is 3.71. The highest BCUT2D eigenvalue weighted by Crippen LogP contribution is 2.23. The van der Waals surface area contributed by atoms with E-state index >= 15 is 0 Å². The summed E-state index contributed by atoms with van der Waals surface area (Å²) in [6, 6.07) is 8.31. The van der Waals surface area contributed by atoms with Crippen LogP contribution in [0.2, 0.25) is 0 Å². The number of nitrogens with zero attached hydrogens (tertiary/aromatic N) is 3. The zero-order valence-corrected chi connectivity index (χ0v) is 11.5. The highest BCUT2D eigenvalue weighted by atomic mass is 15.2. The van der Waals surface area contributed by atoms with Crippen LogP contribution in [0.1, 0.15) is 17.5 Å². The Hall–Kier alpha value is -1.53. The summed E-state index contributed by atoms with van der Waals surface area (Å²) < 4.78 is 0. The SMILES string of the molecule is Cc1ccc(C#N)c(N(C)CC2CCN(C)C2)c1. The summed E-state index contributed by atoms with van der Waals surface area (Å²) >= 11 is 0. The van der Waals surface area contributed by atoms with Crippen molar-refractivity contribution >= 4 is 5.69 Å². The number of benzene rings is 1. The summed E-state index contributed by atoms with van der Waals surface area (Å²) in [5.74, 6) is 0.715. The number of aryl methyl sites for hydroxylation is 1. The quantitative estimate of drug-likeness (QED) is 0.815. The van der Waals surface area contributed by atoms with Crippen molar-refractivity contribution in [2.75, 3.05) is 38.6 Å². The smallest absolute Gasteiger partial charge is 0.101 e. The van der Waals surface area contributed by atoms with E-state index in [0.717, 1.165) is 24.3 Å². The number of anilines is 1. The second kappa shape index (κ2) is 5.41. The number of nitriles is 1. The van der Waals surface area contributed by atoms with Gasteiger partial charge in [-0.3, -0.25) is 0 Å². The van der Waals surface area contributed by atoms with Crippen LogP contribution in [0.5, 0.6) is 0 Å². The van der Waals surface area contributed by atoms with Crippen LogP contribution >= 0.6 is 0 Å². The van der Waals surface area contributed by atoms with Crippen molar-refractivity contribution in [3.05, 3.63) is 29.3 Å². The van der Waals surface area contributed by atoms with E-state index in [1.807, 2.05) is 12.1 Å². The first-order chi connectivity index (χ1) is 8.60. The predicted octanol–water partition coefficient (Wildman–Crippen LogP) is 2.25. The molecule has 1 aromatic carbocycles. The summed E-state index contributed by atoms with van der Waals surface area (Å²) in [6.45, 7) is 5.46. The molecule has 1 heterocycles. The van der Waals surface area contributed by atoms with E-state index < -0.39 is 0 Å². The number of rotatable bonds is 3. The monoisotopic (exact) mass is 243 g/mol. The van der Waals surface area contributed by atoms with Crippen LogP contribution in [0.15, 0.2) is 18.2 Å². The van der Waals surface area contributed by atoms with Crippen LogP contribution < -0.4 is 4.90 Å². The van der Waals surface area contributed by atoms with Crippen molar-refractivity contribution < 1.29 is 0 Å². The fraction of sp³-hybridized carbons (Fsp3) is 0.533. The van der Waals surface area contributed by atoms with Gasteiger partial charge in [0.15, 0.2) is 0 Å². The second-order valence-corrected chi connectivity index (χ2v) is 5.43. The lowest BCUT2D eigenvalue weighted by atomic mass is 10.1. The molecule has 1 unspecified atom stereocenters. The molecule has 1 saturated heterocycles. The summed E-state index contributed by atoms with van der Waals surface area (Å²) in [5.41, 5.74) is 3.04. The molecule has 0 bridgehead atoms. The molecule has 0 aromatic heterocycles. The van der Waals surface area contributed by atoms with Crippen LogP contribution in [0, 0.1) is 24.2 Å². The van der Waals surface area contributed by atoms with Gasteiger partial charge < -0.3 is 9.80 Å². The van der Waals surface area contributed by atoms with Crippen LogP contribution in [0.3, 0.4) is 0 Å². The standard InChI is InChI=1S/C15H21N3/c1-12-4-5-14(9-16)15(8-12)18(3)11-13-6-7-17(2)10-13/h4-5,8,13H,6-7,10-11H2,1-3H3. The zero-order valence-electron chi connectivity index (χ0n) is 11.5. The molecule has 0 spiro atoms. The number of hydrogen-bond acceptors (Lipinski definition) is 3. The molecule has 0 aliphatic carbocycles. The highest BCUT2D eigenvalue weighted by molar-refractivity contribution is 5.60. The first kappa shape index (κ1) is 12.9. The summed E-state index contributed by atoms with van der Waals surface area (Å²) in [4.78, 5) is 4.61. The van der Waals surface area contributed by atoms with E-state index in [-0.39, 0.29) is 0 Å². The van der Waals surface area contributed by atoms with Gasteiger partial charge in [0.2, 0.25) is 0 Å². The predicted molar refractivity (Wildman–Crippen MR) is 74.8 cm³/mol. The third kappa shape index (κ3) is 2.83. The van der Waals surface area contributed by atoms with E-state index in [4.69, 9.17) is 0 Å². The van der Waals surface area contributed by atoms with Crippen molar-refractivity contribution in [2.24, 2.45) is 5.92 Å². The lowest BCUT2D eigenvalue weighted by Crippen LogP contribution is -2.27. The minimum absolute atomic E-state index is 0.715. The Kier molecular flexibility index (Phi) is 3.88. The van der Waals surface area contributed by atoms with E-state index in [9.17, 15) is 5.26 Å². The molecule has 0 radical (unpaired) electrons. The third-order valence-corrected chi connectivity index (χ3v) is 3.71. The number of hydrogen-bond donors (Lipinski definition) is 0. The normalized spacial score (nSPS) is 19.8. The maximum absolute atomic E-state index is 9.18. The Bertz CT molecular complexity index is 461. The molecule has 2 rings (SSSR count). The lowest BCUT2D eigenvalue weighted by molar-refractivity contribution is 0.396. The van der Waals surface area contributed by atoms with E-state index in [1.54, 1.807) is 0 Å². The topological polar surface area (TPSA) is 30.3 Å². The van der Waals surface area contributed by atoms with Crippen LogP contribution in [0.4, 0.5) is 5.69 Å². The highest BCUT2D eigenvalue weighted by Gasteiger charge is 2.21. The van der Waals surface area contributed by atoms with Crippen LogP contribution in [-0.2, 0) is 0 Å². The van der Waals surface area contributed by atoms with Crippen molar-refractivity contribution in [1.29, 1.82) is 5.26 Å². The maximum atomic E-state index is 9.18. The van der Waals surface area contributed by atoms with E-state index in [0.29, 0.717) is 5.92 Å². The van der Waals surface area contributed by atoms with Crippen molar-refractivity contribution in [1.82, 2.24) is 4.90 Å². The minimum Gasteiger partial charge on any atom is -0.373 e. The average Bonchev–Trinajstić information content (AvgIpc) is 2.74. The summed E-state index contributed by atoms with van der Waals surface area (Å²) in [5, 5.41) is 9.18. The lowest BCUT2D eigenvalue weighted by Gasteiger charge is -2.24. The molecule has 1 atom stereocenters. The fourth-order valence-electron chi connectivity index (χ4n) is 2.71. The Balaban J connectivity index is 2.11. The van der Waals surface area contributed by atoms with Gasteiger partial charge in [-0.2, -0.15) is 5.26 Å². The molecular formula is C15H21N3. The molecule has 1 fully saturated rings. The molecule has 3 heteroatoms. The minimum atomic E-state index is 0.715. The first-order valence-electron chi connectivity index (χ1n) is 6.50. The van der Waals surface area contributed by atoms with Crippen molar-refractivity contribution in [2.45, 2.75) is 13.3 Å². The fourth-order valence-corrected chi connectivity index (χ4v) is 2.71. The zero-order chi connectivity index (χ0) is 13.1. The summed E-state index contributed by atoms with van der Waals surface area (Å²) in [7, 11) is 4.27. The van der Waals surface area contributed by atoms with Gasteiger partial charge in [0.25, 0.3) is 0 Å². The molecule has 1 aliphatic heterocycles. The van der Waals surface area contributed by atoms with Gasteiger partial charge in [0.1, 0.15) is 6.07 Å². The van der Waals surface area contributed by atoms with Crippen LogP contribution in [0.25, 0.3) is 0 Å². The van der Waals surface area contributed by atoms with Gasteiger partial charge in [-0.25, -0.2) is 0 Å². The largest absolute Gasteiger partial charge is 0.373 e. The van der Waals surface area contributed by atoms with Gasteiger partial charge >= 0.3 is 0 Å². The summed E-state index contributed by atoms with van der Waals surface area (Å²) in [6.07, 6.45) is 1.26. The molecule has 0 amide bonds. The van der Waals surface area contributed by atoms with Crippen molar-refractivity contribution in [3.8, 4) is 6.07 Å². The molecule has 0 N–H and O–H groups in total. The van der Waals surface area contributed by atoms with E-state index in [1.165, 1.54) is 18.5 Å². The van der Waals surface area contributed by atoms with Crippen LogP contribution in [-0.4, -0.2) is 38.6 Å². The maximum Gasteiger partial charge on any atom is 0.101 e. The van der Waals surface area contributed by atoms with Gasteiger partial charge in [0, 0.05) is 20.1 Å². The Morgan fingerprint density at radius 2 is 2.28 bits per heavy atom. The van der Waals surface area contributed by atoms with Gasteiger partial charge in [-0.05, 0) is 50.6 Å². The second-order valence-electron chi connectivity index (χ2n) is 5.43. The first-order valence-corrected chi connectivity index (χ1v) is 6.50. The van der Waals surface area contributed by atoms with Gasteiger partial charge in [-0.1, -0.05) is 6.07 Å². The average molecular weight is 243 g/mol. The molecule has 96 valence electrons. The Labute approximate surface area is 110 Å². The van der Waals surface area contributed by atoms with Gasteiger partial charge in [0.05, 0.1) is 11.3 Å². The molecule has 1 aliphatic rings. The van der Waals surface area contributed by atoms with E-state index in [2.05, 4.69) is 43.0 Å². The molecule has 3 nitrogen and oxygen atoms in total. The molecule has 1 aromatic rings. The Morgan fingerprint density at radius 1 is 1.50 bits per heavy atom. The number of likely N-dealkylation sites (tertiary alicyclic amines) is 1. The van der Waals surface area contributed by atoms with Crippen molar-refractivity contribution in [3.63, 3.8) is 0 Å². The molecular weight excluding hydrogens is 222 g/mol. The Morgan fingerprint density at radius 3 is 2.89 bits per heavy atom.